The molecule has 1 rings (SSSR count). The molecule has 5 nitrogen and oxygen atoms in total. The summed E-state index contributed by atoms with van der Waals surface area (Å²) in [6.45, 7) is 3.74. The zero-order valence-electron chi connectivity index (χ0n) is 17.3. The van der Waals surface area contributed by atoms with Crippen LogP contribution in [0.1, 0.15) is 103 Å². The molecule has 1 aromatic rings. The number of unbranched alkanes of at least 4 members (excludes halogenated alkanes) is 11. The molecule has 6 heteroatoms. The molecule has 0 saturated heterocycles. The normalized spacial score (nSPS) is 11.3. The van der Waals surface area contributed by atoms with E-state index >= 15 is 0 Å². The molecule has 27 heavy (non-hydrogen) atoms. The standard InChI is InChI=1S/C21H38N4OS/c1-3-4-5-6-7-8-9-10-11-12-13-14-15-16-17-18-20-22-23-21(27)25(20)24-19(2)26/h10-11H,3-9,12-18H2,1-2H3,(H,23,27)(H,24,26). The lowest BCUT2D eigenvalue weighted by Gasteiger charge is -2.06. The zero-order chi connectivity index (χ0) is 19.7. The van der Waals surface area contributed by atoms with Crippen LogP contribution >= 0.6 is 12.2 Å². The molecule has 0 saturated carbocycles. The highest BCUT2D eigenvalue weighted by molar-refractivity contribution is 7.71. The van der Waals surface area contributed by atoms with E-state index in [9.17, 15) is 4.79 Å². The fourth-order valence-corrected chi connectivity index (χ4v) is 3.32. The molecule has 0 unspecified atom stereocenters. The molecule has 2 N–H and O–H groups in total. The molecule has 0 spiro atoms. The average molecular weight is 395 g/mol. The molecule has 0 aliphatic heterocycles. The molecule has 1 heterocycles. The van der Waals surface area contributed by atoms with Crippen molar-refractivity contribution in [2.75, 3.05) is 5.43 Å². The van der Waals surface area contributed by atoms with Crippen molar-refractivity contribution >= 4 is 18.1 Å². The molecular weight excluding hydrogens is 356 g/mol. The first kappa shape index (κ1) is 23.6. The van der Waals surface area contributed by atoms with Crippen LogP contribution in [-0.2, 0) is 11.2 Å². The van der Waals surface area contributed by atoms with Gasteiger partial charge in [0.15, 0.2) is 5.82 Å². The van der Waals surface area contributed by atoms with Crippen LogP contribution in [0.15, 0.2) is 12.2 Å². The predicted octanol–water partition coefficient (Wildman–Crippen LogP) is 6.22. The van der Waals surface area contributed by atoms with Crippen molar-refractivity contribution in [2.24, 2.45) is 0 Å². The smallest absolute Gasteiger partial charge is 0.235 e. The van der Waals surface area contributed by atoms with Gasteiger partial charge in [0.2, 0.25) is 10.7 Å². The maximum absolute atomic E-state index is 11.2. The van der Waals surface area contributed by atoms with E-state index in [1.54, 1.807) is 4.68 Å². The van der Waals surface area contributed by atoms with Crippen molar-refractivity contribution in [3.05, 3.63) is 22.7 Å². The molecule has 154 valence electrons. The van der Waals surface area contributed by atoms with Gasteiger partial charge >= 0.3 is 0 Å². The summed E-state index contributed by atoms with van der Waals surface area (Å²) in [6.07, 6.45) is 22.3. The summed E-state index contributed by atoms with van der Waals surface area (Å²) in [6, 6.07) is 0. The van der Waals surface area contributed by atoms with E-state index in [1.807, 2.05) is 0 Å². The van der Waals surface area contributed by atoms with Crippen LogP contribution in [0.3, 0.4) is 0 Å². The number of carbonyl (C=O) groups is 1. The van der Waals surface area contributed by atoms with E-state index < -0.39 is 0 Å². The quantitative estimate of drug-likeness (QED) is 0.199. The number of rotatable bonds is 16. The number of nitrogens with zero attached hydrogens (tertiary/aromatic N) is 2. The van der Waals surface area contributed by atoms with Crippen LogP contribution in [-0.4, -0.2) is 20.8 Å². The number of nitrogens with one attached hydrogen (secondary N) is 2. The lowest BCUT2D eigenvalue weighted by molar-refractivity contribution is -0.115. The van der Waals surface area contributed by atoms with Crippen molar-refractivity contribution in [2.45, 2.75) is 104 Å². The van der Waals surface area contributed by atoms with E-state index in [1.165, 1.54) is 84.0 Å². The summed E-state index contributed by atoms with van der Waals surface area (Å²) in [5.41, 5.74) is 2.70. The van der Waals surface area contributed by atoms with Crippen molar-refractivity contribution in [1.29, 1.82) is 0 Å². The van der Waals surface area contributed by atoms with Crippen LogP contribution in [0.4, 0.5) is 0 Å². The molecule has 0 atom stereocenters. The van der Waals surface area contributed by atoms with Gasteiger partial charge in [0.25, 0.3) is 0 Å². The van der Waals surface area contributed by atoms with Gasteiger partial charge in [-0.3, -0.25) is 15.3 Å². The minimum Gasteiger partial charge on any atom is -0.274 e. The monoisotopic (exact) mass is 394 g/mol. The van der Waals surface area contributed by atoms with Gasteiger partial charge in [0.05, 0.1) is 0 Å². The summed E-state index contributed by atoms with van der Waals surface area (Å²) in [5.74, 6) is 0.658. The fraction of sp³-hybridized carbons (Fsp3) is 0.762. The summed E-state index contributed by atoms with van der Waals surface area (Å²) in [4.78, 5) is 11.2. The third kappa shape index (κ3) is 11.8. The van der Waals surface area contributed by atoms with E-state index in [0.29, 0.717) is 4.77 Å². The van der Waals surface area contributed by atoms with Crippen LogP contribution in [0, 0.1) is 4.77 Å². The van der Waals surface area contributed by atoms with E-state index in [4.69, 9.17) is 12.2 Å². The largest absolute Gasteiger partial charge is 0.274 e. The molecule has 0 aliphatic rings. The SMILES string of the molecule is CCCCCCCCC=CCCCCCCCc1n[nH]c(=S)n1NC(C)=O. The molecule has 0 aliphatic carbocycles. The fourth-order valence-electron chi connectivity index (χ4n) is 3.12. The Balaban J connectivity index is 1.97. The number of H-pyrrole nitrogens is 1. The molecule has 0 aromatic carbocycles. The number of allylic oxidation sites excluding steroid dienone is 2. The maximum atomic E-state index is 11.2. The van der Waals surface area contributed by atoms with Crippen molar-refractivity contribution in [1.82, 2.24) is 14.9 Å². The first-order chi connectivity index (χ1) is 13.1. The van der Waals surface area contributed by atoms with Crippen LogP contribution in [0.5, 0.6) is 0 Å². The highest BCUT2D eigenvalue weighted by Crippen LogP contribution is 2.10. The first-order valence-corrected chi connectivity index (χ1v) is 11.1. The Kier molecular flexibility index (Phi) is 13.7. The van der Waals surface area contributed by atoms with Crippen LogP contribution < -0.4 is 5.43 Å². The molecular formula is C21H38N4OS. The van der Waals surface area contributed by atoms with Crippen molar-refractivity contribution < 1.29 is 4.79 Å². The van der Waals surface area contributed by atoms with E-state index in [-0.39, 0.29) is 5.91 Å². The Hall–Kier alpha value is -1.43. The number of hydrogen-bond acceptors (Lipinski definition) is 3. The summed E-state index contributed by atoms with van der Waals surface area (Å²) in [7, 11) is 0. The number of aromatic nitrogens is 3. The van der Waals surface area contributed by atoms with Gasteiger partial charge in [-0.1, -0.05) is 70.4 Å². The maximum Gasteiger partial charge on any atom is 0.235 e. The zero-order valence-corrected chi connectivity index (χ0v) is 18.1. The summed E-state index contributed by atoms with van der Waals surface area (Å²) >= 11 is 5.13. The van der Waals surface area contributed by atoms with Gasteiger partial charge in [0, 0.05) is 13.3 Å². The Morgan fingerprint density at radius 2 is 1.56 bits per heavy atom. The molecule has 0 fully saturated rings. The highest BCUT2D eigenvalue weighted by Gasteiger charge is 2.06. The second-order valence-electron chi connectivity index (χ2n) is 7.28. The highest BCUT2D eigenvalue weighted by atomic mass is 32.1. The minimum absolute atomic E-state index is 0.140. The number of hydrogen-bond donors (Lipinski definition) is 2. The topological polar surface area (TPSA) is 62.7 Å². The number of amides is 1. The molecule has 0 bridgehead atoms. The van der Waals surface area contributed by atoms with Crippen LogP contribution in [0.25, 0.3) is 0 Å². The Bertz CT molecular complexity index is 591. The Morgan fingerprint density at radius 1 is 1.00 bits per heavy atom. The van der Waals surface area contributed by atoms with E-state index in [2.05, 4.69) is 34.7 Å². The van der Waals surface area contributed by atoms with Gasteiger partial charge < -0.3 is 0 Å². The van der Waals surface area contributed by atoms with Crippen molar-refractivity contribution in [3.8, 4) is 0 Å². The van der Waals surface area contributed by atoms with Crippen LogP contribution in [0.2, 0.25) is 0 Å². The first-order valence-electron chi connectivity index (χ1n) is 10.7. The predicted molar refractivity (Wildman–Crippen MR) is 116 cm³/mol. The van der Waals surface area contributed by atoms with Gasteiger partial charge in [-0.25, -0.2) is 4.68 Å². The van der Waals surface area contributed by atoms with E-state index in [0.717, 1.165) is 18.7 Å². The summed E-state index contributed by atoms with van der Waals surface area (Å²) in [5, 5.41) is 6.93. The molecule has 1 amide bonds. The summed E-state index contributed by atoms with van der Waals surface area (Å²) < 4.78 is 2.01. The molecule has 1 aromatic heterocycles. The molecule has 0 radical (unpaired) electrons. The second kappa shape index (κ2) is 15.6. The third-order valence-corrected chi connectivity index (χ3v) is 4.95. The lowest BCUT2D eigenvalue weighted by Crippen LogP contribution is -2.22. The Morgan fingerprint density at radius 3 is 2.15 bits per heavy atom. The lowest BCUT2D eigenvalue weighted by atomic mass is 10.1. The second-order valence-corrected chi connectivity index (χ2v) is 7.67. The number of aromatic amines is 1. The van der Waals surface area contributed by atoms with Gasteiger partial charge in [0.1, 0.15) is 0 Å². The van der Waals surface area contributed by atoms with Gasteiger partial charge in [-0.2, -0.15) is 5.10 Å². The Labute approximate surface area is 170 Å². The number of carbonyl (C=O) groups excluding carboxylic acids is 1. The average Bonchev–Trinajstić information content (AvgIpc) is 2.98. The number of aryl methyl sites for hydroxylation is 1. The van der Waals surface area contributed by atoms with Gasteiger partial charge in [-0.15, -0.1) is 0 Å². The van der Waals surface area contributed by atoms with Crippen molar-refractivity contribution in [3.63, 3.8) is 0 Å². The third-order valence-electron chi connectivity index (χ3n) is 4.67. The minimum atomic E-state index is -0.140. The van der Waals surface area contributed by atoms with Gasteiger partial charge in [-0.05, 0) is 44.3 Å².